The van der Waals surface area contributed by atoms with Crippen LogP contribution in [0.2, 0.25) is 5.02 Å². The molecule has 1 aliphatic rings. The molecular weight excluding hydrogens is 267 g/mol. The predicted molar refractivity (Wildman–Crippen MR) is 72.8 cm³/mol. The minimum absolute atomic E-state index is 0.0398. The molecule has 1 aromatic rings. The van der Waals surface area contributed by atoms with Crippen LogP contribution >= 0.6 is 11.6 Å². The van der Waals surface area contributed by atoms with Gasteiger partial charge >= 0.3 is 5.97 Å². The zero-order valence-electron chi connectivity index (χ0n) is 10.8. The number of rotatable bonds is 5. The molecule has 2 nitrogen and oxygen atoms in total. The minimum Gasteiger partial charge on any atom is -0.459 e. The number of hydrogen-bond donors (Lipinski definition) is 0. The fourth-order valence-electron chi connectivity index (χ4n) is 2.10. The van der Waals surface area contributed by atoms with Gasteiger partial charge in [-0.05, 0) is 48.4 Å². The second-order valence-electron chi connectivity index (χ2n) is 4.92. The van der Waals surface area contributed by atoms with E-state index >= 15 is 0 Å². The summed E-state index contributed by atoms with van der Waals surface area (Å²) in [7, 11) is 0. The van der Waals surface area contributed by atoms with Gasteiger partial charge in [0.2, 0.25) is 0 Å². The molecule has 102 valence electrons. The Morgan fingerprint density at radius 2 is 2.05 bits per heavy atom. The fourth-order valence-corrected chi connectivity index (χ4v) is 2.23. The fraction of sp³-hybridized carbons (Fsp3) is 0.400. The highest BCUT2D eigenvalue weighted by atomic mass is 35.5. The number of allylic oxidation sites excluding steroid dienone is 1. The molecular formula is C15H16ClFO2. The number of hydrogen-bond acceptors (Lipinski definition) is 2. The Morgan fingerprint density at radius 1 is 1.42 bits per heavy atom. The van der Waals surface area contributed by atoms with Crippen molar-refractivity contribution in [3.8, 4) is 0 Å². The van der Waals surface area contributed by atoms with Crippen LogP contribution in [0.3, 0.4) is 0 Å². The van der Waals surface area contributed by atoms with Gasteiger partial charge in [0.15, 0.2) is 0 Å². The van der Waals surface area contributed by atoms with Gasteiger partial charge in [-0.2, -0.15) is 0 Å². The van der Waals surface area contributed by atoms with Crippen molar-refractivity contribution in [1.82, 2.24) is 0 Å². The van der Waals surface area contributed by atoms with Crippen LogP contribution in [0.4, 0.5) is 4.39 Å². The van der Waals surface area contributed by atoms with E-state index in [0.29, 0.717) is 11.4 Å². The van der Waals surface area contributed by atoms with E-state index in [1.807, 2.05) is 24.3 Å². The summed E-state index contributed by atoms with van der Waals surface area (Å²) in [6.45, 7) is 0.995. The molecule has 0 bridgehead atoms. The zero-order chi connectivity index (χ0) is 13.9. The van der Waals surface area contributed by atoms with Gasteiger partial charge in [-0.1, -0.05) is 23.7 Å². The second-order valence-corrected chi connectivity index (χ2v) is 5.36. The van der Waals surface area contributed by atoms with Gasteiger partial charge in [0.25, 0.3) is 0 Å². The average molecular weight is 283 g/mol. The summed E-state index contributed by atoms with van der Waals surface area (Å²) in [5, 5.41) is 0.705. The molecule has 0 N–H and O–H groups in total. The third-order valence-corrected chi connectivity index (χ3v) is 3.69. The summed E-state index contributed by atoms with van der Waals surface area (Å²) in [4.78, 5) is 10.6. The molecule has 0 heterocycles. The molecule has 1 aromatic carbocycles. The molecule has 0 aliphatic heterocycles. The molecule has 0 unspecified atom stereocenters. The Labute approximate surface area is 117 Å². The molecule has 0 saturated heterocycles. The Morgan fingerprint density at radius 3 is 2.58 bits per heavy atom. The quantitative estimate of drug-likeness (QED) is 0.757. The molecule has 1 saturated carbocycles. The SMILES string of the molecule is CC(=O)OCC(F)=CCC1(c2ccc(Cl)cc2)CC1. The van der Waals surface area contributed by atoms with Gasteiger partial charge in [0.1, 0.15) is 12.4 Å². The summed E-state index contributed by atoms with van der Waals surface area (Å²) in [5.74, 6) is -0.863. The first-order valence-corrected chi connectivity index (χ1v) is 6.64. The van der Waals surface area contributed by atoms with Crippen LogP contribution < -0.4 is 0 Å². The van der Waals surface area contributed by atoms with E-state index in [1.54, 1.807) is 0 Å². The smallest absolute Gasteiger partial charge is 0.303 e. The third-order valence-electron chi connectivity index (χ3n) is 3.44. The highest BCUT2D eigenvalue weighted by Gasteiger charge is 2.43. The molecule has 19 heavy (non-hydrogen) atoms. The normalized spacial score (nSPS) is 17.1. The Bertz CT molecular complexity index is 489. The largest absolute Gasteiger partial charge is 0.459 e. The van der Waals surface area contributed by atoms with E-state index in [1.165, 1.54) is 18.6 Å². The molecule has 0 spiro atoms. The lowest BCUT2D eigenvalue weighted by Crippen LogP contribution is -2.06. The van der Waals surface area contributed by atoms with Crippen molar-refractivity contribution in [3.63, 3.8) is 0 Å². The lowest BCUT2D eigenvalue weighted by atomic mass is 9.92. The van der Waals surface area contributed by atoms with Gasteiger partial charge in [0.05, 0.1) is 0 Å². The van der Waals surface area contributed by atoms with Crippen LogP contribution in [-0.2, 0) is 14.9 Å². The highest BCUT2D eigenvalue weighted by Crippen LogP contribution is 2.51. The number of esters is 1. The van der Waals surface area contributed by atoms with E-state index in [0.717, 1.165) is 12.8 Å². The number of halogens is 2. The molecule has 0 aromatic heterocycles. The van der Waals surface area contributed by atoms with Crippen molar-refractivity contribution >= 4 is 17.6 Å². The van der Waals surface area contributed by atoms with Crippen molar-refractivity contribution in [2.24, 2.45) is 0 Å². The minimum atomic E-state index is -0.470. The summed E-state index contributed by atoms with van der Waals surface area (Å²) in [5.41, 5.74) is 1.23. The lowest BCUT2D eigenvalue weighted by molar-refractivity contribution is -0.140. The number of ether oxygens (including phenoxy) is 1. The molecule has 0 atom stereocenters. The first-order valence-electron chi connectivity index (χ1n) is 6.26. The summed E-state index contributed by atoms with van der Waals surface area (Å²) >= 11 is 5.86. The van der Waals surface area contributed by atoms with Crippen molar-refractivity contribution in [2.45, 2.75) is 31.6 Å². The van der Waals surface area contributed by atoms with Crippen molar-refractivity contribution in [3.05, 3.63) is 46.8 Å². The molecule has 2 rings (SSSR count). The highest BCUT2D eigenvalue weighted by molar-refractivity contribution is 6.30. The Balaban J connectivity index is 1.96. The Hall–Kier alpha value is -1.35. The molecule has 1 fully saturated rings. The van der Waals surface area contributed by atoms with Gasteiger partial charge in [-0.3, -0.25) is 4.79 Å². The molecule has 0 amide bonds. The van der Waals surface area contributed by atoms with E-state index in [4.69, 9.17) is 11.6 Å². The maximum atomic E-state index is 13.5. The van der Waals surface area contributed by atoms with E-state index in [-0.39, 0.29) is 12.0 Å². The summed E-state index contributed by atoms with van der Waals surface area (Å²) in [6, 6.07) is 7.70. The van der Waals surface area contributed by atoms with E-state index in [2.05, 4.69) is 4.74 Å². The summed E-state index contributed by atoms with van der Waals surface area (Å²) in [6.07, 6.45) is 4.24. The zero-order valence-corrected chi connectivity index (χ0v) is 11.5. The standard InChI is InChI=1S/C15H16ClFO2/c1-11(18)19-10-14(17)6-7-15(8-9-15)12-2-4-13(16)5-3-12/h2-6H,7-10H2,1H3. The van der Waals surface area contributed by atoms with Gasteiger partial charge < -0.3 is 4.74 Å². The van der Waals surface area contributed by atoms with Crippen LogP contribution in [0.5, 0.6) is 0 Å². The van der Waals surface area contributed by atoms with Crippen molar-refractivity contribution < 1.29 is 13.9 Å². The van der Waals surface area contributed by atoms with Gasteiger partial charge in [0, 0.05) is 11.9 Å². The first kappa shape index (κ1) is 14.1. The van der Waals surface area contributed by atoms with Crippen LogP contribution in [-0.4, -0.2) is 12.6 Å². The first-order chi connectivity index (χ1) is 9.02. The Kier molecular flexibility index (Phi) is 4.25. The maximum absolute atomic E-state index is 13.5. The van der Waals surface area contributed by atoms with Crippen molar-refractivity contribution in [2.75, 3.05) is 6.61 Å². The number of carbonyl (C=O) groups excluding carboxylic acids is 1. The summed E-state index contributed by atoms with van der Waals surface area (Å²) < 4.78 is 18.1. The van der Waals surface area contributed by atoms with E-state index < -0.39 is 11.8 Å². The number of carbonyl (C=O) groups is 1. The molecule has 0 radical (unpaired) electrons. The van der Waals surface area contributed by atoms with Gasteiger partial charge in [-0.25, -0.2) is 4.39 Å². The van der Waals surface area contributed by atoms with Crippen LogP contribution in [0.15, 0.2) is 36.2 Å². The van der Waals surface area contributed by atoms with Crippen LogP contribution in [0.1, 0.15) is 31.7 Å². The topological polar surface area (TPSA) is 26.3 Å². The lowest BCUT2D eigenvalue weighted by Gasteiger charge is -2.13. The van der Waals surface area contributed by atoms with Gasteiger partial charge in [-0.15, -0.1) is 0 Å². The maximum Gasteiger partial charge on any atom is 0.303 e. The van der Waals surface area contributed by atoms with Crippen LogP contribution in [0.25, 0.3) is 0 Å². The molecule has 1 aliphatic carbocycles. The van der Waals surface area contributed by atoms with E-state index in [9.17, 15) is 9.18 Å². The predicted octanol–water partition coefficient (Wildman–Crippen LogP) is 4.18. The average Bonchev–Trinajstić information content (AvgIpc) is 3.16. The molecule has 4 heteroatoms. The van der Waals surface area contributed by atoms with Crippen molar-refractivity contribution in [1.29, 1.82) is 0 Å². The monoisotopic (exact) mass is 282 g/mol. The van der Waals surface area contributed by atoms with Crippen LogP contribution in [0, 0.1) is 0 Å². The third kappa shape index (κ3) is 3.80. The second kappa shape index (κ2) is 5.74. The number of benzene rings is 1.